The number of ether oxygens (including phenoxy) is 1. The number of aryl methyl sites for hydroxylation is 1. The number of fused-ring (bicyclic) bond motifs is 1. The predicted octanol–water partition coefficient (Wildman–Crippen LogP) is 2.83. The number of carbonyl (C=O) groups is 2. The van der Waals surface area contributed by atoms with Crippen molar-refractivity contribution in [1.82, 2.24) is 20.3 Å². The maximum atomic E-state index is 13.3. The van der Waals surface area contributed by atoms with E-state index >= 15 is 0 Å². The molecule has 10 heteroatoms. The Hall–Kier alpha value is -3.92. The van der Waals surface area contributed by atoms with Crippen LogP contribution in [0.5, 0.6) is 0 Å². The second-order valence-corrected chi connectivity index (χ2v) is 8.09. The van der Waals surface area contributed by atoms with Gasteiger partial charge in [-0.05, 0) is 41.3 Å². The van der Waals surface area contributed by atoms with Crippen LogP contribution in [0.1, 0.15) is 22.9 Å². The molecule has 2 aromatic heterocycles. The van der Waals surface area contributed by atoms with Gasteiger partial charge in [0.15, 0.2) is 6.61 Å². The number of hydrogen-bond acceptors (Lipinski definition) is 7. The van der Waals surface area contributed by atoms with Crippen LogP contribution in [0.4, 0.5) is 4.39 Å². The molecule has 0 radical (unpaired) electrons. The van der Waals surface area contributed by atoms with E-state index in [1.54, 1.807) is 36.4 Å². The Morgan fingerprint density at radius 2 is 1.88 bits per heavy atom. The third-order valence-electron chi connectivity index (χ3n) is 4.86. The Labute approximate surface area is 191 Å². The first-order chi connectivity index (χ1) is 16.0. The molecular weight excluding hydrogens is 447 g/mol. The Bertz CT molecular complexity index is 1320. The molecule has 0 aliphatic rings. The van der Waals surface area contributed by atoms with Crippen molar-refractivity contribution < 1.29 is 18.7 Å². The molecular formula is C23H19FN4O4S. The van der Waals surface area contributed by atoms with E-state index in [1.165, 1.54) is 23.5 Å². The summed E-state index contributed by atoms with van der Waals surface area (Å²) >= 11 is 1.44. The SMILES string of the molecule is O=C(COC(=O)CCn1nnc2ccccc2c1=O)NC(c1ccc(F)cc1)c1cccs1. The standard InChI is InChI=1S/C23H19FN4O4S/c24-16-9-7-15(8-10-16)22(19-6-3-13-33-19)25-20(29)14-32-21(30)11-12-28-23(31)17-4-1-2-5-18(17)26-27-28/h1-10,13,22H,11-12,14H2,(H,25,29). The summed E-state index contributed by atoms with van der Waals surface area (Å²) in [4.78, 5) is 37.8. The van der Waals surface area contributed by atoms with Crippen LogP contribution in [0.25, 0.3) is 10.9 Å². The van der Waals surface area contributed by atoms with Gasteiger partial charge in [0, 0.05) is 4.88 Å². The van der Waals surface area contributed by atoms with E-state index in [0.717, 1.165) is 9.56 Å². The van der Waals surface area contributed by atoms with E-state index < -0.39 is 24.5 Å². The Morgan fingerprint density at radius 1 is 1.09 bits per heavy atom. The number of halogens is 1. The van der Waals surface area contributed by atoms with Crippen LogP contribution in [-0.4, -0.2) is 33.5 Å². The number of rotatable bonds is 8. The van der Waals surface area contributed by atoms with Gasteiger partial charge in [-0.2, -0.15) is 0 Å². The van der Waals surface area contributed by atoms with E-state index in [4.69, 9.17) is 4.74 Å². The number of hydrogen-bond donors (Lipinski definition) is 1. The first-order valence-electron chi connectivity index (χ1n) is 10.1. The van der Waals surface area contributed by atoms with Crippen LogP contribution in [0.3, 0.4) is 0 Å². The molecule has 2 aromatic carbocycles. The predicted molar refractivity (Wildman–Crippen MR) is 120 cm³/mol. The summed E-state index contributed by atoms with van der Waals surface area (Å²) in [7, 11) is 0. The molecule has 4 rings (SSSR count). The molecule has 0 fully saturated rings. The average molecular weight is 466 g/mol. The summed E-state index contributed by atoms with van der Waals surface area (Å²) in [5, 5.41) is 12.9. The molecule has 168 valence electrons. The number of aromatic nitrogens is 3. The van der Waals surface area contributed by atoms with Gasteiger partial charge in [0.2, 0.25) is 0 Å². The summed E-state index contributed by atoms with van der Waals surface area (Å²) in [5.41, 5.74) is 0.816. The summed E-state index contributed by atoms with van der Waals surface area (Å²) in [5.74, 6) is -1.53. The Kier molecular flexibility index (Phi) is 6.84. The second-order valence-electron chi connectivity index (χ2n) is 7.11. The highest BCUT2D eigenvalue weighted by Crippen LogP contribution is 2.26. The molecule has 4 aromatic rings. The minimum Gasteiger partial charge on any atom is -0.456 e. The minimum absolute atomic E-state index is 0.0233. The molecule has 0 saturated heterocycles. The van der Waals surface area contributed by atoms with Crippen molar-refractivity contribution >= 4 is 34.1 Å². The van der Waals surface area contributed by atoms with Gasteiger partial charge in [-0.1, -0.05) is 35.5 Å². The van der Waals surface area contributed by atoms with Crippen molar-refractivity contribution in [2.75, 3.05) is 6.61 Å². The summed E-state index contributed by atoms with van der Waals surface area (Å²) in [6.45, 7) is -0.509. The topological polar surface area (TPSA) is 103 Å². The van der Waals surface area contributed by atoms with Crippen molar-refractivity contribution in [3.05, 3.63) is 92.7 Å². The monoisotopic (exact) mass is 466 g/mol. The number of benzene rings is 2. The zero-order chi connectivity index (χ0) is 23.2. The zero-order valence-corrected chi connectivity index (χ0v) is 18.1. The third kappa shape index (κ3) is 5.47. The lowest BCUT2D eigenvalue weighted by molar-refractivity contribution is -0.148. The lowest BCUT2D eigenvalue weighted by atomic mass is 10.1. The van der Waals surface area contributed by atoms with Gasteiger partial charge in [0.05, 0.1) is 24.4 Å². The minimum atomic E-state index is -0.651. The molecule has 0 saturated carbocycles. The van der Waals surface area contributed by atoms with Gasteiger partial charge in [0.25, 0.3) is 11.5 Å². The Balaban J connectivity index is 1.33. The van der Waals surface area contributed by atoms with Crippen molar-refractivity contribution in [3.8, 4) is 0 Å². The maximum Gasteiger partial charge on any atom is 0.308 e. The number of amides is 1. The van der Waals surface area contributed by atoms with Crippen LogP contribution in [0, 0.1) is 5.82 Å². The molecule has 0 aliphatic carbocycles. The number of nitrogens with zero attached hydrogens (tertiary/aromatic N) is 3. The van der Waals surface area contributed by atoms with Crippen LogP contribution < -0.4 is 10.9 Å². The lowest BCUT2D eigenvalue weighted by Crippen LogP contribution is -2.33. The molecule has 0 spiro atoms. The highest BCUT2D eigenvalue weighted by molar-refractivity contribution is 7.10. The zero-order valence-electron chi connectivity index (χ0n) is 17.3. The van der Waals surface area contributed by atoms with Gasteiger partial charge >= 0.3 is 5.97 Å². The molecule has 33 heavy (non-hydrogen) atoms. The van der Waals surface area contributed by atoms with Crippen molar-refractivity contribution in [3.63, 3.8) is 0 Å². The van der Waals surface area contributed by atoms with E-state index in [-0.39, 0.29) is 24.3 Å². The van der Waals surface area contributed by atoms with E-state index in [9.17, 15) is 18.8 Å². The van der Waals surface area contributed by atoms with Crippen LogP contribution in [0.2, 0.25) is 0 Å². The fraction of sp³-hybridized carbons (Fsp3) is 0.174. The molecule has 2 heterocycles. The molecule has 0 bridgehead atoms. The number of esters is 1. The molecule has 0 aliphatic heterocycles. The van der Waals surface area contributed by atoms with Gasteiger partial charge in [-0.3, -0.25) is 14.4 Å². The number of thiophene rings is 1. The third-order valence-corrected chi connectivity index (χ3v) is 5.79. The summed E-state index contributed by atoms with van der Waals surface area (Å²) < 4.78 is 19.4. The molecule has 1 amide bonds. The lowest BCUT2D eigenvalue weighted by Gasteiger charge is -2.18. The van der Waals surface area contributed by atoms with Gasteiger partial charge in [0.1, 0.15) is 11.3 Å². The van der Waals surface area contributed by atoms with Crippen LogP contribution >= 0.6 is 11.3 Å². The average Bonchev–Trinajstić information content (AvgIpc) is 3.36. The Morgan fingerprint density at radius 3 is 2.64 bits per heavy atom. The van der Waals surface area contributed by atoms with Crippen molar-refractivity contribution in [2.45, 2.75) is 19.0 Å². The fourth-order valence-electron chi connectivity index (χ4n) is 3.22. The van der Waals surface area contributed by atoms with Crippen LogP contribution in [-0.2, 0) is 20.9 Å². The second kappa shape index (κ2) is 10.1. The quantitative estimate of drug-likeness (QED) is 0.401. The van der Waals surface area contributed by atoms with E-state index in [1.807, 2.05) is 17.5 Å². The first-order valence-corrected chi connectivity index (χ1v) is 11.0. The highest BCUT2D eigenvalue weighted by atomic mass is 32.1. The molecule has 1 N–H and O–H groups in total. The molecule has 1 atom stereocenters. The fourth-order valence-corrected chi connectivity index (χ4v) is 4.02. The smallest absolute Gasteiger partial charge is 0.308 e. The largest absolute Gasteiger partial charge is 0.456 e. The first kappa shape index (κ1) is 22.3. The summed E-state index contributed by atoms with van der Waals surface area (Å²) in [6.07, 6.45) is -0.146. The number of nitrogens with one attached hydrogen (secondary N) is 1. The van der Waals surface area contributed by atoms with Crippen molar-refractivity contribution in [1.29, 1.82) is 0 Å². The van der Waals surface area contributed by atoms with E-state index in [2.05, 4.69) is 15.6 Å². The highest BCUT2D eigenvalue weighted by Gasteiger charge is 2.19. The normalized spacial score (nSPS) is 11.8. The summed E-state index contributed by atoms with van der Waals surface area (Å²) in [6, 6.07) is 15.8. The van der Waals surface area contributed by atoms with E-state index in [0.29, 0.717) is 16.5 Å². The molecule has 8 nitrogen and oxygen atoms in total. The van der Waals surface area contributed by atoms with Gasteiger partial charge in [-0.15, -0.1) is 16.4 Å². The maximum absolute atomic E-state index is 13.3. The van der Waals surface area contributed by atoms with Crippen LogP contribution in [0.15, 0.2) is 70.8 Å². The van der Waals surface area contributed by atoms with Gasteiger partial charge < -0.3 is 10.1 Å². The van der Waals surface area contributed by atoms with Crippen molar-refractivity contribution in [2.24, 2.45) is 0 Å². The number of carbonyl (C=O) groups excluding carboxylic acids is 2. The molecule has 1 unspecified atom stereocenters. The van der Waals surface area contributed by atoms with Gasteiger partial charge in [-0.25, -0.2) is 9.07 Å².